The zero-order valence-electron chi connectivity index (χ0n) is 13.0. The van der Waals surface area contributed by atoms with Gasteiger partial charge in [0, 0.05) is 16.8 Å². The number of hydrogen-bond acceptors (Lipinski definition) is 3. The van der Waals surface area contributed by atoms with Gasteiger partial charge < -0.3 is 5.32 Å². The summed E-state index contributed by atoms with van der Waals surface area (Å²) in [7, 11) is 0. The zero-order valence-corrected chi connectivity index (χ0v) is 13.8. The lowest BCUT2D eigenvalue weighted by atomic mass is 10.1. The first kappa shape index (κ1) is 17.0. The van der Waals surface area contributed by atoms with Gasteiger partial charge in [-0.05, 0) is 49.7 Å². The van der Waals surface area contributed by atoms with E-state index >= 15 is 0 Å². The summed E-state index contributed by atoms with van der Waals surface area (Å²) < 4.78 is 0. The third-order valence-electron chi connectivity index (χ3n) is 3.55. The molecule has 2 N–H and O–H groups in total. The Bertz CT molecular complexity index is 722. The van der Waals surface area contributed by atoms with Crippen molar-refractivity contribution in [2.24, 2.45) is 0 Å². The number of anilines is 1. The minimum Gasteiger partial charge on any atom is -0.325 e. The lowest BCUT2D eigenvalue weighted by molar-refractivity contribution is -0.117. The van der Waals surface area contributed by atoms with Crippen molar-refractivity contribution in [3.63, 3.8) is 0 Å². The fraction of sp³-hybridized carbons (Fsp3) is 0.222. The van der Waals surface area contributed by atoms with Gasteiger partial charge in [-0.2, -0.15) is 5.26 Å². The lowest BCUT2D eigenvalue weighted by Crippen LogP contribution is -2.39. The van der Waals surface area contributed by atoms with E-state index in [0.717, 1.165) is 5.56 Å². The summed E-state index contributed by atoms with van der Waals surface area (Å²) in [6.07, 6.45) is 0. The van der Waals surface area contributed by atoms with Crippen LogP contribution >= 0.6 is 11.6 Å². The van der Waals surface area contributed by atoms with Crippen molar-refractivity contribution < 1.29 is 4.79 Å². The van der Waals surface area contributed by atoms with E-state index < -0.39 is 6.04 Å². The number of rotatable bonds is 5. The Balaban J connectivity index is 1.97. The number of amides is 1. The maximum absolute atomic E-state index is 12.2. The zero-order chi connectivity index (χ0) is 16.8. The second-order valence-corrected chi connectivity index (χ2v) is 5.72. The van der Waals surface area contributed by atoms with Crippen LogP contribution in [0, 0.1) is 11.3 Å². The van der Waals surface area contributed by atoms with Crippen LogP contribution in [0.15, 0.2) is 48.5 Å². The van der Waals surface area contributed by atoms with Crippen LogP contribution in [0.5, 0.6) is 0 Å². The average Bonchev–Trinajstić information content (AvgIpc) is 2.55. The van der Waals surface area contributed by atoms with E-state index in [0.29, 0.717) is 16.3 Å². The van der Waals surface area contributed by atoms with E-state index in [2.05, 4.69) is 10.6 Å². The molecule has 2 aromatic carbocycles. The van der Waals surface area contributed by atoms with Crippen LogP contribution in [-0.2, 0) is 4.79 Å². The number of carbonyl (C=O) groups is 1. The molecule has 0 aliphatic rings. The Kier molecular flexibility index (Phi) is 5.75. The second-order valence-electron chi connectivity index (χ2n) is 5.31. The van der Waals surface area contributed by atoms with Gasteiger partial charge in [-0.1, -0.05) is 29.8 Å². The molecule has 0 aliphatic heterocycles. The van der Waals surface area contributed by atoms with E-state index in [-0.39, 0.29) is 11.9 Å². The van der Waals surface area contributed by atoms with Crippen molar-refractivity contribution in [1.29, 1.82) is 5.26 Å². The van der Waals surface area contributed by atoms with Crippen molar-refractivity contribution >= 4 is 23.2 Å². The Morgan fingerprint density at radius 3 is 2.39 bits per heavy atom. The quantitative estimate of drug-likeness (QED) is 0.875. The molecule has 5 heteroatoms. The van der Waals surface area contributed by atoms with Gasteiger partial charge in [0.25, 0.3) is 0 Å². The summed E-state index contributed by atoms with van der Waals surface area (Å²) in [6.45, 7) is 3.76. The minimum absolute atomic E-state index is 0.0505. The molecule has 1 amide bonds. The topological polar surface area (TPSA) is 64.9 Å². The molecule has 2 atom stereocenters. The van der Waals surface area contributed by atoms with Crippen molar-refractivity contribution in [1.82, 2.24) is 5.32 Å². The molecule has 0 aliphatic carbocycles. The SMILES string of the molecule is CC(NC(C)c1ccccc1Cl)C(=O)Nc1ccc(C#N)cc1. The third-order valence-corrected chi connectivity index (χ3v) is 3.89. The molecule has 0 spiro atoms. The minimum atomic E-state index is -0.392. The monoisotopic (exact) mass is 327 g/mol. The van der Waals surface area contributed by atoms with E-state index in [9.17, 15) is 4.79 Å². The molecular weight excluding hydrogens is 310 g/mol. The van der Waals surface area contributed by atoms with Crippen molar-refractivity contribution in [3.8, 4) is 6.07 Å². The summed E-state index contributed by atoms with van der Waals surface area (Å²) >= 11 is 6.17. The highest BCUT2D eigenvalue weighted by molar-refractivity contribution is 6.31. The van der Waals surface area contributed by atoms with E-state index in [1.54, 1.807) is 31.2 Å². The maximum atomic E-state index is 12.2. The molecule has 2 rings (SSSR count). The number of hydrogen-bond donors (Lipinski definition) is 2. The number of carbonyl (C=O) groups excluding carboxylic acids is 1. The van der Waals surface area contributed by atoms with Gasteiger partial charge in [0.2, 0.25) is 5.91 Å². The summed E-state index contributed by atoms with van der Waals surface area (Å²) in [5.74, 6) is -0.145. The Morgan fingerprint density at radius 2 is 1.78 bits per heavy atom. The number of nitrogens with zero attached hydrogens (tertiary/aromatic N) is 1. The smallest absolute Gasteiger partial charge is 0.241 e. The highest BCUT2D eigenvalue weighted by Gasteiger charge is 2.17. The van der Waals surface area contributed by atoms with Gasteiger partial charge in [-0.3, -0.25) is 10.1 Å². The fourth-order valence-electron chi connectivity index (χ4n) is 2.25. The predicted molar refractivity (Wildman–Crippen MR) is 92.3 cm³/mol. The molecule has 0 radical (unpaired) electrons. The van der Waals surface area contributed by atoms with Crippen molar-refractivity contribution in [2.75, 3.05) is 5.32 Å². The van der Waals surface area contributed by atoms with Crippen molar-refractivity contribution in [2.45, 2.75) is 25.9 Å². The van der Waals surface area contributed by atoms with Crippen LogP contribution in [0.1, 0.15) is 31.0 Å². The van der Waals surface area contributed by atoms with Gasteiger partial charge >= 0.3 is 0 Å². The Hall–Kier alpha value is -2.35. The molecule has 0 heterocycles. The number of nitriles is 1. The molecule has 4 nitrogen and oxygen atoms in total. The lowest BCUT2D eigenvalue weighted by Gasteiger charge is -2.20. The molecule has 2 unspecified atom stereocenters. The van der Waals surface area contributed by atoms with Crippen molar-refractivity contribution in [3.05, 3.63) is 64.7 Å². The van der Waals surface area contributed by atoms with Crippen LogP contribution < -0.4 is 10.6 Å². The first-order chi connectivity index (χ1) is 11.0. The Morgan fingerprint density at radius 1 is 1.13 bits per heavy atom. The van der Waals surface area contributed by atoms with Gasteiger partial charge in [0.05, 0.1) is 17.7 Å². The van der Waals surface area contributed by atoms with Crippen LogP contribution in [-0.4, -0.2) is 11.9 Å². The molecule has 0 bridgehead atoms. The first-order valence-electron chi connectivity index (χ1n) is 7.32. The summed E-state index contributed by atoms with van der Waals surface area (Å²) in [5.41, 5.74) is 2.17. The molecule has 0 aromatic heterocycles. The first-order valence-corrected chi connectivity index (χ1v) is 7.70. The standard InChI is InChI=1S/C18H18ClN3O/c1-12(16-5-3-4-6-17(16)19)21-13(2)18(23)22-15-9-7-14(11-20)8-10-15/h3-10,12-13,21H,1-2H3,(H,22,23). The summed E-state index contributed by atoms with van der Waals surface area (Å²) in [6, 6.07) is 15.9. The molecule has 0 fully saturated rings. The van der Waals surface area contributed by atoms with Gasteiger partial charge in [-0.15, -0.1) is 0 Å². The van der Waals surface area contributed by atoms with Crippen LogP contribution in [0.4, 0.5) is 5.69 Å². The molecule has 0 saturated carbocycles. The number of halogens is 1. The molecule has 23 heavy (non-hydrogen) atoms. The van der Waals surface area contributed by atoms with E-state index in [1.165, 1.54) is 0 Å². The van der Waals surface area contributed by atoms with Gasteiger partial charge in [0.15, 0.2) is 0 Å². The predicted octanol–water partition coefficient (Wildman–Crippen LogP) is 3.89. The molecule has 0 saturated heterocycles. The largest absolute Gasteiger partial charge is 0.325 e. The van der Waals surface area contributed by atoms with E-state index in [4.69, 9.17) is 16.9 Å². The maximum Gasteiger partial charge on any atom is 0.241 e. The third kappa shape index (κ3) is 4.56. The van der Waals surface area contributed by atoms with Crippen LogP contribution in [0.2, 0.25) is 5.02 Å². The van der Waals surface area contributed by atoms with Crippen LogP contribution in [0.3, 0.4) is 0 Å². The van der Waals surface area contributed by atoms with E-state index in [1.807, 2.05) is 37.3 Å². The highest BCUT2D eigenvalue weighted by Crippen LogP contribution is 2.22. The second kappa shape index (κ2) is 7.77. The Labute approximate surface area is 141 Å². The van der Waals surface area contributed by atoms with Crippen LogP contribution in [0.25, 0.3) is 0 Å². The van der Waals surface area contributed by atoms with Gasteiger partial charge in [0.1, 0.15) is 0 Å². The number of nitrogens with one attached hydrogen (secondary N) is 2. The molecule has 118 valence electrons. The fourth-order valence-corrected chi connectivity index (χ4v) is 2.54. The molecule has 2 aromatic rings. The average molecular weight is 328 g/mol. The molecular formula is C18H18ClN3O. The van der Waals surface area contributed by atoms with Gasteiger partial charge in [-0.25, -0.2) is 0 Å². The summed E-state index contributed by atoms with van der Waals surface area (Å²) in [5, 5.41) is 15.5. The summed E-state index contributed by atoms with van der Waals surface area (Å²) in [4.78, 5) is 12.2. The normalized spacial score (nSPS) is 13.0. The highest BCUT2D eigenvalue weighted by atomic mass is 35.5. The number of benzene rings is 2.